The number of benzene rings is 1. The third-order valence-corrected chi connectivity index (χ3v) is 3.02. The lowest BCUT2D eigenvalue weighted by Crippen LogP contribution is -2.23. The molecule has 1 heterocycles. The molecule has 1 aromatic carbocycles. The van der Waals surface area contributed by atoms with Gasteiger partial charge in [0.25, 0.3) is 0 Å². The van der Waals surface area contributed by atoms with E-state index in [2.05, 4.69) is 38.3 Å². The summed E-state index contributed by atoms with van der Waals surface area (Å²) < 4.78 is 6.22. The molecule has 0 aliphatic rings. The maximum absolute atomic E-state index is 5.21. The van der Waals surface area contributed by atoms with Gasteiger partial charge in [0.2, 0.25) is 11.7 Å². The van der Waals surface area contributed by atoms with Crippen molar-refractivity contribution in [2.75, 3.05) is 7.05 Å². The van der Waals surface area contributed by atoms with Gasteiger partial charge in [-0.2, -0.15) is 4.98 Å². The van der Waals surface area contributed by atoms with Crippen LogP contribution in [0.4, 0.5) is 0 Å². The Morgan fingerprint density at radius 3 is 3.00 bits per heavy atom. The molecule has 1 aromatic heterocycles. The molecule has 0 fully saturated rings. The summed E-state index contributed by atoms with van der Waals surface area (Å²) in [5.41, 5.74) is 0.950. The first-order valence-electron chi connectivity index (χ1n) is 5.45. The van der Waals surface area contributed by atoms with Crippen LogP contribution >= 0.6 is 15.9 Å². The molecule has 0 bridgehead atoms. The van der Waals surface area contributed by atoms with Crippen LogP contribution in [0.3, 0.4) is 0 Å². The molecule has 0 spiro atoms. The smallest absolute Gasteiger partial charge is 0.228 e. The van der Waals surface area contributed by atoms with Gasteiger partial charge in [-0.3, -0.25) is 0 Å². The molecule has 1 atom stereocenters. The minimum Gasteiger partial charge on any atom is -0.339 e. The Hall–Kier alpha value is -1.20. The zero-order chi connectivity index (χ0) is 12.3. The predicted octanol–water partition coefficient (Wildman–Crippen LogP) is 2.65. The number of hydrogen-bond acceptors (Lipinski definition) is 4. The molecule has 0 aliphatic heterocycles. The topological polar surface area (TPSA) is 51.0 Å². The van der Waals surface area contributed by atoms with Crippen LogP contribution in [0.1, 0.15) is 12.8 Å². The lowest BCUT2D eigenvalue weighted by atomic mass is 10.2. The highest BCUT2D eigenvalue weighted by Crippen LogP contribution is 2.20. The second-order valence-corrected chi connectivity index (χ2v) is 4.83. The number of hydrogen-bond donors (Lipinski definition) is 1. The quantitative estimate of drug-likeness (QED) is 0.942. The van der Waals surface area contributed by atoms with Crippen LogP contribution in [0, 0.1) is 0 Å². The summed E-state index contributed by atoms with van der Waals surface area (Å²) in [5.74, 6) is 1.28. The molecule has 0 saturated heterocycles. The van der Waals surface area contributed by atoms with Crippen molar-refractivity contribution in [1.29, 1.82) is 0 Å². The Morgan fingerprint density at radius 2 is 2.29 bits per heavy atom. The maximum Gasteiger partial charge on any atom is 0.228 e. The van der Waals surface area contributed by atoms with Gasteiger partial charge in [-0.25, -0.2) is 0 Å². The van der Waals surface area contributed by atoms with E-state index in [0.29, 0.717) is 17.8 Å². The first-order chi connectivity index (χ1) is 8.19. The van der Waals surface area contributed by atoms with E-state index in [0.717, 1.165) is 16.5 Å². The fraction of sp³-hybridized carbons (Fsp3) is 0.333. The fourth-order valence-electron chi connectivity index (χ4n) is 1.45. The van der Waals surface area contributed by atoms with E-state index in [1.54, 1.807) is 0 Å². The standard InChI is InChI=1S/C12H14BrN3O/c1-8(14-2)6-11-15-12(16-17-11)9-4-3-5-10(13)7-9/h3-5,7-8,14H,6H2,1-2H3. The summed E-state index contributed by atoms with van der Waals surface area (Å²) in [7, 11) is 1.91. The summed E-state index contributed by atoms with van der Waals surface area (Å²) in [6, 6.07) is 8.17. The van der Waals surface area contributed by atoms with E-state index >= 15 is 0 Å². The Morgan fingerprint density at radius 1 is 1.47 bits per heavy atom. The van der Waals surface area contributed by atoms with Crippen molar-refractivity contribution in [3.63, 3.8) is 0 Å². The third kappa shape index (κ3) is 3.14. The molecule has 0 saturated carbocycles. The minimum absolute atomic E-state index is 0.325. The van der Waals surface area contributed by atoms with Crippen molar-refractivity contribution in [1.82, 2.24) is 15.5 Å². The zero-order valence-corrected chi connectivity index (χ0v) is 11.4. The fourth-order valence-corrected chi connectivity index (χ4v) is 1.85. The van der Waals surface area contributed by atoms with Crippen LogP contribution in [0.2, 0.25) is 0 Å². The molecule has 5 heteroatoms. The monoisotopic (exact) mass is 295 g/mol. The van der Waals surface area contributed by atoms with Gasteiger partial charge >= 0.3 is 0 Å². The second kappa shape index (κ2) is 5.42. The van der Waals surface area contributed by atoms with Crippen LogP contribution in [-0.4, -0.2) is 23.2 Å². The first kappa shape index (κ1) is 12.3. The van der Waals surface area contributed by atoms with E-state index in [4.69, 9.17) is 4.52 Å². The molecular weight excluding hydrogens is 282 g/mol. The Kier molecular flexibility index (Phi) is 3.91. The number of halogens is 1. The average Bonchev–Trinajstić information content (AvgIpc) is 2.77. The number of rotatable bonds is 4. The van der Waals surface area contributed by atoms with E-state index in [-0.39, 0.29) is 0 Å². The van der Waals surface area contributed by atoms with Crippen LogP contribution in [0.5, 0.6) is 0 Å². The van der Waals surface area contributed by atoms with Gasteiger partial charge in [0.1, 0.15) is 0 Å². The van der Waals surface area contributed by atoms with Crippen molar-refractivity contribution >= 4 is 15.9 Å². The SMILES string of the molecule is CNC(C)Cc1nc(-c2cccc(Br)c2)no1. The summed E-state index contributed by atoms with van der Waals surface area (Å²) in [4.78, 5) is 4.37. The molecule has 1 N–H and O–H groups in total. The van der Waals surface area contributed by atoms with Gasteiger partial charge in [0.05, 0.1) is 0 Å². The van der Waals surface area contributed by atoms with E-state index < -0.39 is 0 Å². The van der Waals surface area contributed by atoms with Gasteiger partial charge in [-0.1, -0.05) is 33.2 Å². The van der Waals surface area contributed by atoms with Gasteiger partial charge < -0.3 is 9.84 Å². The number of aromatic nitrogens is 2. The van der Waals surface area contributed by atoms with Gasteiger partial charge in [0.15, 0.2) is 0 Å². The predicted molar refractivity (Wildman–Crippen MR) is 69.7 cm³/mol. The summed E-state index contributed by atoms with van der Waals surface area (Å²) in [5, 5.41) is 7.12. The summed E-state index contributed by atoms with van der Waals surface area (Å²) >= 11 is 3.42. The van der Waals surface area contributed by atoms with Crippen LogP contribution < -0.4 is 5.32 Å². The number of nitrogens with one attached hydrogen (secondary N) is 1. The molecule has 90 valence electrons. The average molecular weight is 296 g/mol. The van der Waals surface area contributed by atoms with Crippen molar-refractivity contribution in [2.45, 2.75) is 19.4 Å². The van der Waals surface area contributed by atoms with E-state index in [1.807, 2.05) is 31.3 Å². The van der Waals surface area contributed by atoms with Gasteiger partial charge in [-0.15, -0.1) is 0 Å². The molecule has 17 heavy (non-hydrogen) atoms. The highest BCUT2D eigenvalue weighted by atomic mass is 79.9. The summed E-state index contributed by atoms with van der Waals surface area (Å²) in [6.45, 7) is 2.07. The third-order valence-electron chi connectivity index (χ3n) is 2.52. The lowest BCUT2D eigenvalue weighted by molar-refractivity contribution is 0.365. The van der Waals surface area contributed by atoms with E-state index in [1.165, 1.54) is 0 Å². The van der Waals surface area contributed by atoms with Crippen LogP contribution in [0.25, 0.3) is 11.4 Å². The van der Waals surface area contributed by atoms with Crippen molar-refractivity contribution < 1.29 is 4.52 Å². The summed E-state index contributed by atoms with van der Waals surface area (Å²) in [6.07, 6.45) is 0.734. The Bertz CT molecular complexity index is 498. The van der Waals surface area contributed by atoms with Crippen molar-refractivity contribution in [2.24, 2.45) is 0 Å². The zero-order valence-electron chi connectivity index (χ0n) is 9.77. The van der Waals surface area contributed by atoms with E-state index in [9.17, 15) is 0 Å². The van der Waals surface area contributed by atoms with Crippen LogP contribution in [-0.2, 0) is 6.42 Å². The second-order valence-electron chi connectivity index (χ2n) is 3.92. The normalized spacial score (nSPS) is 12.6. The van der Waals surface area contributed by atoms with Gasteiger partial charge in [-0.05, 0) is 26.1 Å². The molecule has 2 aromatic rings. The Labute approximate surface area is 109 Å². The van der Waals surface area contributed by atoms with Crippen LogP contribution in [0.15, 0.2) is 33.3 Å². The largest absolute Gasteiger partial charge is 0.339 e. The number of likely N-dealkylation sites (N-methyl/N-ethyl adjacent to an activating group) is 1. The minimum atomic E-state index is 0.325. The molecular formula is C12H14BrN3O. The highest BCUT2D eigenvalue weighted by molar-refractivity contribution is 9.10. The highest BCUT2D eigenvalue weighted by Gasteiger charge is 2.11. The molecule has 1 unspecified atom stereocenters. The first-order valence-corrected chi connectivity index (χ1v) is 6.24. The molecule has 2 rings (SSSR count). The lowest BCUT2D eigenvalue weighted by Gasteiger charge is -2.04. The van der Waals surface area contributed by atoms with Crippen molar-refractivity contribution in [3.05, 3.63) is 34.6 Å². The number of nitrogens with zero attached hydrogens (tertiary/aromatic N) is 2. The molecule has 0 aliphatic carbocycles. The van der Waals surface area contributed by atoms with Crippen molar-refractivity contribution in [3.8, 4) is 11.4 Å². The maximum atomic E-state index is 5.21. The Balaban J connectivity index is 2.18. The molecule has 0 amide bonds. The molecule has 0 radical (unpaired) electrons. The van der Waals surface area contributed by atoms with Gasteiger partial charge in [0, 0.05) is 22.5 Å². The molecule has 4 nitrogen and oxygen atoms in total.